The summed E-state index contributed by atoms with van der Waals surface area (Å²) in [5, 5.41) is 9.08. The topological polar surface area (TPSA) is 56.7 Å². The van der Waals surface area contributed by atoms with E-state index in [-0.39, 0.29) is 0 Å². The van der Waals surface area contributed by atoms with E-state index >= 15 is 0 Å². The molecule has 1 aromatic rings. The Labute approximate surface area is 101 Å². The lowest BCUT2D eigenvalue weighted by molar-refractivity contribution is 0.0696. The summed E-state index contributed by atoms with van der Waals surface area (Å²) in [7, 11) is 2.09. The molecular weight excluding hydrogens is 218 g/mol. The summed E-state index contributed by atoms with van der Waals surface area (Å²) < 4.78 is 0. The van der Waals surface area contributed by atoms with Gasteiger partial charge in [-0.2, -0.15) is 0 Å². The van der Waals surface area contributed by atoms with Crippen LogP contribution in [0.2, 0.25) is 0 Å². The number of carboxylic acid groups (broad SMARTS) is 1. The number of hydrogen-bond acceptors (Lipinski definition) is 4. The molecule has 0 aromatic carbocycles. The van der Waals surface area contributed by atoms with E-state index in [0.717, 1.165) is 32.0 Å². The second-order valence-corrected chi connectivity index (χ2v) is 4.45. The van der Waals surface area contributed by atoms with Crippen molar-refractivity contribution in [3.05, 3.63) is 23.4 Å². The minimum Gasteiger partial charge on any atom is -0.478 e. The third kappa shape index (κ3) is 2.55. The lowest BCUT2D eigenvalue weighted by atomic mass is 10.1. The number of pyridine rings is 1. The summed E-state index contributed by atoms with van der Waals surface area (Å²) in [4.78, 5) is 19.8. The van der Waals surface area contributed by atoms with Crippen LogP contribution in [-0.2, 0) is 0 Å². The molecule has 1 saturated heterocycles. The summed E-state index contributed by atoms with van der Waals surface area (Å²) in [6, 6.07) is 1.67. The molecule has 1 aliphatic rings. The van der Waals surface area contributed by atoms with Gasteiger partial charge in [-0.05, 0) is 25.6 Å². The van der Waals surface area contributed by atoms with Crippen LogP contribution >= 0.6 is 0 Å². The molecule has 0 unspecified atom stereocenters. The Balaban J connectivity index is 2.21. The van der Waals surface area contributed by atoms with Crippen molar-refractivity contribution in [1.29, 1.82) is 0 Å². The molecule has 92 valence electrons. The first kappa shape index (κ1) is 11.9. The molecular formula is C12H17N3O2. The molecule has 0 spiro atoms. The van der Waals surface area contributed by atoms with Gasteiger partial charge in [0.05, 0.1) is 5.56 Å². The number of rotatable bonds is 2. The third-order valence-electron chi connectivity index (χ3n) is 3.15. The molecule has 5 heteroatoms. The molecule has 0 aliphatic carbocycles. The van der Waals surface area contributed by atoms with Crippen molar-refractivity contribution in [3.8, 4) is 0 Å². The van der Waals surface area contributed by atoms with Crippen molar-refractivity contribution in [2.24, 2.45) is 0 Å². The average molecular weight is 235 g/mol. The predicted octanol–water partition coefficient (Wildman–Crippen LogP) is 0.840. The van der Waals surface area contributed by atoms with Gasteiger partial charge in [-0.3, -0.25) is 0 Å². The van der Waals surface area contributed by atoms with E-state index in [1.54, 1.807) is 19.2 Å². The smallest absolute Gasteiger partial charge is 0.336 e. The number of nitrogens with zero attached hydrogens (tertiary/aromatic N) is 3. The quantitative estimate of drug-likeness (QED) is 0.823. The molecule has 0 bridgehead atoms. The van der Waals surface area contributed by atoms with Crippen LogP contribution in [0, 0.1) is 6.92 Å². The fourth-order valence-corrected chi connectivity index (χ4v) is 1.95. The van der Waals surface area contributed by atoms with Crippen LogP contribution < -0.4 is 4.90 Å². The Bertz CT molecular complexity index is 426. The van der Waals surface area contributed by atoms with Crippen molar-refractivity contribution in [2.45, 2.75) is 6.92 Å². The lowest BCUT2D eigenvalue weighted by Gasteiger charge is -2.33. The maximum Gasteiger partial charge on any atom is 0.336 e. The van der Waals surface area contributed by atoms with E-state index in [0.29, 0.717) is 11.1 Å². The normalized spacial score (nSPS) is 17.2. The number of piperazine rings is 1. The Kier molecular flexibility index (Phi) is 3.28. The Morgan fingerprint density at radius 1 is 1.35 bits per heavy atom. The van der Waals surface area contributed by atoms with E-state index in [1.807, 2.05) is 0 Å². The molecule has 1 aliphatic heterocycles. The third-order valence-corrected chi connectivity index (χ3v) is 3.15. The SMILES string of the molecule is Cc1cnc(N2CCN(C)CC2)cc1C(=O)O. The van der Waals surface area contributed by atoms with Gasteiger partial charge in [0.1, 0.15) is 5.82 Å². The maximum absolute atomic E-state index is 11.1. The van der Waals surface area contributed by atoms with Crippen molar-refractivity contribution in [1.82, 2.24) is 9.88 Å². The highest BCUT2D eigenvalue weighted by Gasteiger charge is 2.17. The lowest BCUT2D eigenvalue weighted by Crippen LogP contribution is -2.44. The van der Waals surface area contributed by atoms with Gasteiger partial charge in [0, 0.05) is 32.4 Å². The standard InChI is InChI=1S/C12H17N3O2/c1-9-8-13-11(7-10(9)12(16)17)15-5-3-14(2)4-6-15/h7-8H,3-6H2,1-2H3,(H,16,17). The van der Waals surface area contributed by atoms with Gasteiger partial charge < -0.3 is 14.9 Å². The van der Waals surface area contributed by atoms with Crippen LogP contribution in [-0.4, -0.2) is 54.2 Å². The zero-order valence-corrected chi connectivity index (χ0v) is 10.2. The molecule has 1 N–H and O–H groups in total. The van der Waals surface area contributed by atoms with Crippen LogP contribution in [0.3, 0.4) is 0 Å². The van der Waals surface area contributed by atoms with Crippen LogP contribution in [0.25, 0.3) is 0 Å². The molecule has 1 fully saturated rings. The molecule has 1 aromatic heterocycles. The van der Waals surface area contributed by atoms with Gasteiger partial charge in [-0.15, -0.1) is 0 Å². The van der Waals surface area contributed by atoms with Gasteiger partial charge in [0.15, 0.2) is 0 Å². The average Bonchev–Trinajstić information content (AvgIpc) is 2.30. The van der Waals surface area contributed by atoms with Crippen LogP contribution in [0.1, 0.15) is 15.9 Å². The summed E-state index contributed by atoms with van der Waals surface area (Å²) >= 11 is 0. The summed E-state index contributed by atoms with van der Waals surface area (Å²) in [6.45, 7) is 5.53. The number of carboxylic acids is 1. The second-order valence-electron chi connectivity index (χ2n) is 4.45. The Morgan fingerprint density at radius 2 is 2.00 bits per heavy atom. The number of anilines is 1. The molecule has 0 amide bonds. The molecule has 0 saturated carbocycles. The van der Waals surface area contributed by atoms with Gasteiger partial charge in [0.25, 0.3) is 0 Å². The number of aromatic nitrogens is 1. The zero-order valence-electron chi connectivity index (χ0n) is 10.2. The second kappa shape index (κ2) is 4.71. The Morgan fingerprint density at radius 3 is 2.59 bits per heavy atom. The highest BCUT2D eigenvalue weighted by Crippen LogP contribution is 2.17. The number of aryl methyl sites for hydroxylation is 1. The molecule has 17 heavy (non-hydrogen) atoms. The molecule has 2 heterocycles. The predicted molar refractivity (Wildman–Crippen MR) is 65.6 cm³/mol. The van der Waals surface area contributed by atoms with Gasteiger partial charge >= 0.3 is 5.97 Å². The van der Waals surface area contributed by atoms with Crippen molar-refractivity contribution < 1.29 is 9.90 Å². The highest BCUT2D eigenvalue weighted by molar-refractivity contribution is 5.90. The zero-order chi connectivity index (χ0) is 12.4. The molecule has 0 radical (unpaired) electrons. The van der Waals surface area contributed by atoms with E-state index in [9.17, 15) is 4.79 Å². The van der Waals surface area contributed by atoms with Crippen molar-refractivity contribution >= 4 is 11.8 Å². The van der Waals surface area contributed by atoms with Crippen LogP contribution in [0.15, 0.2) is 12.3 Å². The van der Waals surface area contributed by atoms with Gasteiger partial charge in [0.2, 0.25) is 0 Å². The maximum atomic E-state index is 11.1. The van der Waals surface area contributed by atoms with Gasteiger partial charge in [-0.1, -0.05) is 0 Å². The molecule has 2 rings (SSSR count). The van der Waals surface area contributed by atoms with Crippen molar-refractivity contribution in [2.75, 3.05) is 38.1 Å². The fraction of sp³-hybridized carbons (Fsp3) is 0.500. The molecule has 5 nitrogen and oxygen atoms in total. The largest absolute Gasteiger partial charge is 0.478 e. The van der Waals surface area contributed by atoms with Gasteiger partial charge in [-0.25, -0.2) is 9.78 Å². The minimum atomic E-state index is -0.889. The first-order chi connectivity index (χ1) is 8.08. The van der Waals surface area contributed by atoms with Crippen molar-refractivity contribution in [3.63, 3.8) is 0 Å². The van der Waals surface area contributed by atoms with E-state index in [1.165, 1.54) is 0 Å². The Hall–Kier alpha value is -1.62. The highest BCUT2D eigenvalue weighted by atomic mass is 16.4. The number of hydrogen-bond donors (Lipinski definition) is 1. The number of likely N-dealkylation sites (N-methyl/N-ethyl adjacent to an activating group) is 1. The minimum absolute atomic E-state index is 0.342. The summed E-state index contributed by atoms with van der Waals surface area (Å²) in [5.74, 6) is -0.124. The number of carbonyl (C=O) groups is 1. The molecule has 0 atom stereocenters. The summed E-state index contributed by atoms with van der Waals surface area (Å²) in [5.41, 5.74) is 1.05. The van der Waals surface area contributed by atoms with E-state index in [4.69, 9.17) is 5.11 Å². The van der Waals surface area contributed by atoms with E-state index < -0.39 is 5.97 Å². The first-order valence-electron chi connectivity index (χ1n) is 5.71. The fourth-order valence-electron chi connectivity index (χ4n) is 1.95. The number of aromatic carboxylic acids is 1. The first-order valence-corrected chi connectivity index (χ1v) is 5.71. The monoisotopic (exact) mass is 235 g/mol. The van der Waals surface area contributed by atoms with E-state index in [2.05, 4.69) is 21.8 Å². The van der Waals surface area contributed by atoms with Crippen LogP contribution in [0.4, 0.5) is 5.82 Å². The summed E-state index contributed by atoms with van der Waals surface area (Å²) in [6.07, 6.45) is 1.64. The van der Waals surface area contributed by atoms with Crippen LogP contribution in [0.5, 0.6) is 0 Å².